The second kappa shape index (κ2) is 5.43. The Morgan fingerprint density at radius 2 is 2.32 bits per heavy atom. The highest BCUT2D eigenvalue weighted by molar-refractivity contribution is 5.92. The Balaban J connectivity index is 2.04. The largest absolute Gasteiger partial charge is 0.340 e. The molecule has 1 amide bonds. The van der Waals surface area contributed by atoms with Crippen LogP contribution in [0.15, 0.2) is 12.5 Å². The van der Waals surface area contributed by atoms with Crippen molar-refractivity contribution in [1.82, 2.24) is 14.9 Å². The number of amides is 1. The van der Waals surface area contributed by atoms with Crippen LogP contribution in [0.5, 0.6) is 0 Å². The zero-order valence-electron chi connectivity index (χ0n) is 11.5. The molecule has 5 nitrogen and oxygen atoms in total. The fourth-order valence-corrected chi connectivity index (χ4v) is 2.65. The van der Waals surface area contributed by atoms with Crippen LogP contribution in [0.25, 0.3) is 0 Å². The number of nitrogens with one attached hydrogen (secondary N) is 1. The van der Waals surface area contributed by atoms with Gasteiger partial charge in [-0.2, -0.15) is 5.26 Å². The molecule has 0 atom stereocenters. The summed E-state index contributed by atoms with van der Waals surface area (Å²) in [6.07, 6.45) is 7.88. The first-order chi connectivity index (χ1) is 9.08. The van der Waals surface area contributed by atoms with Crippen LogP contribution in [0.2, 0.25) is 0 Å². The van der Waals surface area contributed by atoms with E-state index in [-0.39, 0.29) is 5.91 Å². The molecule has 2 rings (SSSR count). The first-order valence-electron chi connectivity index (χ1n) is 6.80. The van der Waals surface area contributed by atoms with Gasteiger partial charge in [0.2, 0.25) is 0 Å². The van der Waals surface area contributed by atoms with E-state index in [1.807, 2.05) is 7.05 Å². The normalized spacial score (nSPS) is 26.7. The number of nitriles is 1. The molecule has 19 heavy (non-hydrogen) atoms. The molecule has 0 saturated heterocycles. The van der Waals surface area contributed by atoms with Gasteiger partial charge >= 0.3 is 0 Å². The standard InChI is InChI=1S/C14H20N4O/c1-3-11-4-6-14(9-15,7-5-11)17-13(19)12-8-18(2)10-16-12/h8,10-11H,3-7H2,1-2H3,(H,17,19). The molecule has 0 aliphatic heterocycles. The van der Waals surface area contributed by atoms with Gasteiger partial charge in [0.1, 0.15) is 11.2 Å². The quantitative estimate of drug-likeness (QED) is 0.903. The number of nitrogens with zero attached hydrogens (tertiary/aromatic N) is 3. The maximum absolute atomic E-state index is 12.1. The predicted octanol–water partition coefficient (Wildman–Crippen LogP) is 2.01. The van der Waals surface area contributed by atoms with Gasteiger partial charge < -0.3 is 9.88 Å². The molecular formula is C14H20N4O. The van der Waals surface area contributed by atoms with E-state index in [1.54, 1.807) is 17.1 Å². The van der Waals surface area contributed by atoms with Gasteiger partial charge in [0.25, 0.3) is 5.91 Å². The molecule has 1 fully saturated rings. The summed E-state index contributed by atoms with van der Waals surface area (Å²) in [5.41, 5.74) is -0.338. The summed E-state index contributed by atoms with van der Waals surface area (Å²) in [6.45, 7) is 2.18. The molecule has 5 heteroatoms. The van der Waals surface area contributed by atoms with Crippen molar-refractivity contribution in [1.29, 1.82) is 5.26 Å². The number of imidazole rings is 1. The van der Waals surface area contributed by atoms with Gasteiger partial charge in [0, 0.05) is 13.2 Å². The van der Waals surface area contributed by atoms with Gasteiger partial charge in [0.15, 0.2) is 0 Å². The van der Waals surface area contributed by atoms with Crippen LogP contribution < -0.4 is 5.32 Å². The summed E-state index contributed by atoms with van der Waals surface area (Å²) in [7, 11) is 1.82. The lowest BCUT2D eigenvalue weighted by atomic mass is 9.76. The average molecular weight is 260 g/mol. The third-order valence-electron chi connectivity index (χ3n) is 4.04. The first-order valence-corrected chi connectivity index (χ1v) is 6.80. The maximum atomic E-state index is 12.1. The monoisotopic (exact) mass is 260 g/mol. The molecule has 0 unspecified atom stereocenters. The average Bonchev–Trinajstić information content (AvgIpc) is 2.86. The van der Waals surface area contributed by atoms with Gasteiger partial charge in [-0.25, -0.2) is 4.98 Å². The SMILES string of the molecule is CCC1CCC(C#N)(NC(=O)c2cn(C)cn2)CC1. The fourth-order valence-electron chi connectivity index (χ4n) is 2.65. The highest BCUT2D eigenvalue weighted by Gasteiger charge is 2.36. The van der Waals surface area contributed by atoms with E-state index in [0.29, 0.717) is 11.6 Å². The number of hydrogen-bond acceptors (Lipinski definition) is 3. The number of carbonyl (C=O) groups is 1. The van der Waals surface area contributed by atoms with E-state index in [9.17, 15) is 10.1 Å². The van der Waals surface area contributed by atoms with Crippen LogP contribution in [0.4, 0.5) is 0 Å². The summed E-state index contributed by atoms with van der Waals surface area (Å²) in [5, 5.41) is 12.3. The molecule has 1 aliphatic carbocycles. The topological polar surface area (TPSA) is 70.7 Å². The summed E-state index contributed by atoms with van der Waals surface area (Å²) < 4.78 is 1.72. The van der Waals surface area contributed by atoms with E-state index < -0.39 is 5.54 Å². The van der Waals surface area contributed by atoms with Gasteiger partial charge in [-0.1, -0.05) is 13.3 Å². The van der Waals surface area contributed by atoms with Crippen molar-refractivity contribution in [2.24, 2.45) is 13.0 Å². The van der Waals surface area contributed by atoms with Crippen molar-refractivity contribution < 1.29 is 4.79 Å². The number of aromatic nitrogens is 2. The third-order valence-corrected chi connectivity index (χ3v) is 4.04. The van der Waals surface area contributed by atoms with Crippen LogP contribution >= 0.6 is 0 Å². The molecule has 1 aliphatic rings. The Bertz CT molecular complexity index is 492. The van der Waals surface area contributed by atoms with Gasteiger partial charge in [-0.3, -0.25) is 4.79 Å². The highest BCUT2D eigenvalue weighted by Crippen LogP contribution is 2.33. The van der Waals surface area contributed by atoms with Crippen LogP contribution in [-0.2, 0) is 7.05 Å². The minimum absolute atomic E-state index is 0.253. The Kier molecular flexibility index (Phi) is 3.89. The number of hydrogen-bond donors (Lipinski definition) is 1. The number of rotatable bonds is 3. The van der Waals surface area contributed by atoms with Crippen molar-refractivity contribution in [2.75, 3.05) is 0 Å². The van der Waals surface area contributed by atoms with Crippen molar-refractivity contribution >= 4 is 5.91 Å². The van der Waals surface area contributed by atoms with E-state index in [1.165, 1.54) is 0 Å². The van der Waals surface area contributed by atoms with Gasteiger partial charge in [-0.05, 0) is 31.6 Å². The van der Waals surface area contributed by atoms with E-state index in [4.69, 9.17) is 0 Å². The lowest BCUT2D eigenvalue weighted by Gasteiger charge is -2.35. The molecule has 0 aromatic carbocycles. The van der Waals surface area contributed by atoms with Crippen molar-refractivity contribution in [3.63, 3.8) is 0 Å². The summed E-state index contributed by atoms with van der Waals surface area (Å²) in [5.74, 6) is 0.435. The van der Waals surface area contributed by atoms with Crippen LogP contribution in [0, 0.1) is 17.2 Å². The zero-order chi connectivity index (χ0) is 13.9. The summed E-state index contributed by atoms with van der Waals surface area (Å²) in [4.78, 5) is 16.1. The lowest BCUT2D eigenvalue weighted by Crippen LogP contribution is -2.49. The second-order valence-electron chi connectivity index (χ2n) is 5.42. The zero-order valence-corrected chi connectivity index (χ0v) is 11.5. The van der Waals surface area contributed by atoms with Crippen LogP contribution in [0.1, 0.15) is 49.5 Å². The number of carbonyl (C=O) groups excluding carboxylic acids is 1. The van der Waals surface area contributed by atoms with Gasteiger partial charge in [0.05, 0.1) is 12.4 Å². The lowest BCUT2D eigenvalue weighted by molar-refractivity contribution is 0.0886. The molecule has 1 N–H and O–H groups in total. The molecule has 0 radical (unpaired) electrons. The minimum atomic E-state index is -0.708. The second-order valence-corrected chi connectivity index (χ2v) is 5.42. The molecule has 1 saturated carbocycles. The predicted molar refractivity (Wildman–Crippen MR) is 71.3 cm³/mol. The molecule has 1 aromatic heterocycles. The molecule has 0 bridgehead atoms. The Morgan fingerprint density at radius 3 is 2.79 bits per heavy atom. The minimum Gasteiger partial charge on any atom is -0.340 e. The Hall–Kier alpha value is -1.83. The van der Waals surface area contributed by atoms with E-state index in [2.05, 4.69) is 23.3 Å². The molecule has 102 valence electrons. The number of aryl methyl sites for hydroxylation is 1. The molecule has 0 spiro atoms. The highest BCUT2D eigenvalue weighted by atomic mass is 16.2. The molecular weight excluding hydrogens is 240 g/mol. The Morgan fingerprint density at radius 1 is 1.63 bits per heavy atom. The fraction of sp³-hybridized carbons (Fsp3) is 0.643. The molecule has 1 aromatic rings. The summed E-state index contributed by atoms with van der Waals surface area (Å²) >= 11 is 0. The smallest absolute Gasteiger partial charge is 0.272 e. The maximum Gasteiger partial charge on any atom is 0.272 e. The summed E-state index contributed by atoms with van der Waals surface area (Å²) in [6, 6.07) is 2.30. The van der Waals surface area contributed by atoms with Gasteiger partial charge in [-0.15, -0.1) is 0 Å². The van der Waals surface area contributed by atoms with E-state index >= 15 is 0 Å². The van der Waals surface area contributed by atoms with Crippen molar-refractivity contribution in [3.05, 3.63) is 18.2 Å². The van der Waals surface area contributed by atoms with Crippen molar-refractivity contribution in [3.8, 4) is 6.07 Å². The van der Waals surface area contributed by atoms with Crippen molar-refractivity contribution in [2.45, 2.75) is 44.6 Å². The first kappa shape index (κ1) is 13.6. The Labute approximate surface area is 113 Å². The van der Waals surface area contributed by atoms with Crippen LogP contribution in [-0.4, -0.2) is 21.0 Å². The molecule has 1 heterocycles. The third kappa shape index (κ3) is 2.95. The van der Waals surface area contributed by atoms with E-state index in [0.717, 1.165) is 32.1 Å². The van der Waals surface area contributed by atoms with Crippen LogP contribution in [0.3, 0.4) is 0 Å².